The average Bonchev–Trinajstić information content (AvgIpc) is 2.61. The van der Waals surface area contributed by atoms with Crippen LogP contribution in [0, 0.1) is 0 Å². The van der Waals surface area contributed by atoms with Crippen LogP contribution in [0.3, 0.4) is 0 Å². The van der Waals surface area contributed by atoms with E-state index in [-0.39, 0.29) is 5.92 Å². The first-order valence-electron chi connectivity index (χ1n) is 8.14. The Morgan fingerprint density at radius 2 is 1.67 bits per heavy atom. The minimum atomic E-state index is -0.851. The molecule has 0 bridgehead atoms. The van der Waals surface area contributed by atoms with Crippen LogP contribution in [-0.2, 0) is 11.2 Å². The van der Waals surface area contributed by atoms with Crippen LogP contribution in [0.4, 0.5) is 0 Å². The van der Waals surface area contributed by atoms with Crippen LogP contribution >= 0.6 is 0 Å². The van der Waals surface area contributed by atoms with Crippen molar-refractivity contribution >= 4 is 5.97 Å². The van der Waals surface area contributed by atoms with Crippen molar-refractivity contribution in [1.29, 1.82) is 0 Å². The lowest BCUT2D eigenvalue weighted by Crippen LogP contribution is -2.27. The maximum absolute atomic E-state index is 11.8. The summed E-state index contributed by atoms with van der Waals surface area (Å²) in [5.74, 6) is -1.05. The first kappa shape index (κ1) is 16.1. The molecule has 2 aromatic rings. The van der Waals surface area contributed by atoms with Crippen molar-refractivity contribution < 1.29 is 9.90 Å². The number of carboxylic acid groups (broad SMARTS) is 1. The molecule has 1 atom stereocenters. The monoisotopic (exact) mass is 319 g/mol. The van der Waals surface area contributed by atoms with Gasteiger partial charge in [-0.3, -0.25) is 0 Å². The first-order valence-corrected chi connectivity index (χ1v) is 8.14. The fourth-order valence-corrected chi connectivity index (χ4v) is 3.14. The predicted octanol–water partition coefficient (Wildman–Crippen LogP) is 4.20. The van der Waals surface area contributed by atoms with Crippen molar-refractivity contribution in [3.05, 3.63) is 95.3 Å². The lowest BCUT2D eigenvalue weighted by Gasteiger charge is -2.30. The number of nitrogens with zero attached hydrogens (tertiary/aromatic N) is 1. The number of benzene rings is 2. The number of hydrogen-bond acceptors (Lipinski definition) is 2. The molecule has 0 saturated heterocycles. The third kappa shape index (κ3) is 3.40. The molecule has 0 radical (unpaired) electrons. The van der Waals surface area contributed by atoms with Gasteiger partial charge in [0.05, 0.1) is 5.57 Å². The van der Waals surface area contributed by atoms with E-state index in [1.807, 2.05) is 72.6 Å². The maximum Gasteiger partial charge on any atom is 0.334 e. The molecule has 1 N–H and O–H groups in total. The highest BCUT2D eigenvalue weighted by Gasteiger charge is 2.27. The lowest BCUT2D eigenvalue weighted by molar-refractivity contribution is -0.133. The summed E-state index contributed by atoms with van der Waals surface area (Å²) < 4.78 is 0. The second-order valence-corrected chi connectivity index (χ2v) is 5.96. The summed E-state index contributed by atoms with van der Waals surface area (Å²) in [5.41, 5.74) is 3.53. The van der Waals surface area contributed by atoms with Crippen LogP contribution in [-0.4, -0.2) is 22.5 Å². The molecule has 0 saturated carbocycles. The minimum absolute atomic E-state index is 0.198. The summed E-state index contributed by atoms with van der Waals surface area (Å²) in [4.78, 5) is 13.9. The third-order valence-electron chi connectivity index (χ3n) is 4.46. The molecular weight excluding hydrogens is 298 g/mol. The molecule has 1 heterocycles. The highest BCUT2D eigenvalue weighted by Crippen LogP contribution is 2.33. The highest BCUT2D eigenvalue weighted by molar-refractivity contribution is 5.90. The van der Waals surface area contributed by atoms with Crippen molar-refractivity contribution in [2.45, 2.75) is 19.3 Å². The number of carbonyl (C=O) groups is 1. The lowest BCUT2D eigenvalue weighted by atomic mass is 9.87. The Kier molecular flexibility index (Phi) is 4.80. The molecule has 3 heteroatoms. The van der Waals surface area contributed by atoms with Crippen LogP contribution < -0.4 is 0 Å². The molecule has 122 valence electrons. The molecule has 0 aliphatic carbocycles. The first-order chi connectivity index (χ1) is 11.7. The molecule has 1 aliphatic rings. The summed E-state index contributed by atoms with van der Waals surface area (Å²) in [6, 6.07) is 20.0. The molecule has 1 aliphatic heterocycles. The number of carboxylic acids is 1. The Hall–Kier alpha value is -2.81. The highest BCUT2D eigenvalue weighted by atomic mass is 16.4. The van der Waals surface area contributed by atoms with E-state index in [9.17, 15) is 9.90 Å². The molecule has 2 aromatic carbocycles. The molecule has 3 rings (SSSR count). The van der Waals surface area contributed by atoms with Gasteiger partial charge in [0.15, 0.2) is 0 Å². The van der Waals surface area contributed by atoms with Gasteiger partial charge in [0.2, 0.25) is 0 Å². The van der Waals surface area contributed by atoms with Crippen molar-refractivity contribution in [3.8, 4) is 0 Å². The topological polar surface area (TPSA) is 40.5 Å². The summed E-state index contributed by atoms with van der Waals surface area (Å²) in [6.45, 7) is 2.67. The van der Waals surface area contributed by atoms with E-state index in [0.29, 0.717) is 5.57 Å². The van der Waals surface area contributed by atoms with Gasteiger partial charge < -0.3 is 10.0 Å². The van der Waals surface area contributed by atoms with Gasteiger partial charge >= 0.3 is 5.97 Å². The van der Waals surface area contributed by atoms with Gasteiger partial charge in [-0.15, -0.1) is 0 Å². The second kappa shape index (κ2) is 7.18. The number of allylic oxidation sites excluding steroid dienone is 2. The van der Waals surface area contributed by atoms with E-state index in [1.165, 1.54) is 5.56 Å². The molecule has 24 heavy (non-hydrogen) atoms. The van der Waals surface area contributed by atoms with Crippen LogP contribution in [0.15, 0.2) is 84.2 Å². The van der Waals surface area contributed by atoms with Gasteiger partial charge in [-0.2, -0.15) is 0 Å². The van der Waals surface area contributed by atoms with Gasteiger partial charge in [0.1, 0.15) is 0 Å². The fourth-order valence-electron chi connectivity index (χ4n) is 3.14. The zero-order valence-corrected chi connectivity index (χ0v) is 13.7. The van der Waals surface area contributed by atoms with Crippen LogP contribution in [0.25, 0.3) is 0 Å². The molecule has 0 fully saturated rings. The fraction of sp³-hybridized carbons (Fsp3) is 0.190. The number of hydrogen-bond donors (Lipinski definition) is 1. The normalized spacial score (nSPS) is 17.2. The number of aliphatic carboxylic acids is 1. The SMILES string of the molecule is CC1=C(C(=O)O)C(c2ccccc2)C=CN1CCc1ccccc1. The molecule has 0 spiro atoms. The summed E-state index contributed by atoms with van der Waals surface area (Å²) in [5, 5.41) is 9.73. The van der Waals surface area contributed by atoms with E-state index in [0.717, 1.165) is 24.2 Å². The Morgan fingerprint density at radius 3 is 2.29 bits per heavy atom. The molecule has 1 unspecified atom stereocenters. The zero-order valence-electron chi connectivity index (χ0n) is 13.7. The van der Waals surface area contributed by atoms with Crippen molar-refractivity contribution in [1.82, 2.24) is 4.90 Å². The maximum atomic E-state index is 11.8. The molecule has 0 aromatic heterocycles. The van der Waals surface area contributed by atoms with E-state index in [1.54, 1.807) is 0 Å². The summed E-state index contributed by atoms with van der Waals surface area (Å²) in [7, 11) is 0. The van der Waals surface area contributed by atoms with E-state index in [4.69, 9.17) is 0 Å². The Labute approximate surface area is 142 Å². The van der Waals surface area contributed by atoms with Crippen molar-refractivity contribution in [2.24, 2.45) is 0 Å². The standard InChI is InChI=1S/C21H21NO2/c1-16-20(21(23)24)19(18-10-6-3-7-11-18)13-15-22(16)14-12-17-8-4-2-5-9-17/h2-11,13,15,19H,12,14H2,1H3,(H,23,24). The average molecular weight is 319 g/mol. The van der Waals surface area contributed by atoms with Gasteiger partial charge in [-0.25, -0.2) is 4.79 Å². The zero-order chi connectivity index (χ0) is 16.9. The van der Waals surface area contributed by atoms with Crippen molar-refractivity contribution in [2.75, 3.05) is 6.54 Å². The molecule has 3 nitrogen and oxygen atoms in total. The smallest absolute Gasteiger partial charge is 0.334 e. The Morgan fingerprint density at radius 1 is 1.04 bits per heavy atom. The van der Waals surface area contributed by atoms with E-state index in [2.05, 4.69) is 12.1 Å². The van der Waals surface area contributed by atoms with E-state index >= 15 is 0 Å². The summed E-state index contributed by atoms with van der Waals surface area (Å²) >= 11 is 0. The van der Waals surface area contributed by atoms with E-state index < -0.39 is 5.97 Å². The van der Waals surface area contributed by atoms with Crippen LogP contribution in [0.5, 0.6) is 0 Å². The molecule has 0 amide bonds. The number of rotatable bonds is 5. The Balaban J connectivity index is 1.83. The van der Waals surface area contributed by atoms with Gasteiger partial charge in [0, 0.05) is 24.4 Å². The van der Waals surface area contributed by atoms with Gasteiger partial charge in [0.25, 0.3) is 0 Å². The van der Waals surface area contributed by atoms with Gasteiger partial charge in [-0.1, -0.05) is 66.7 Å². The van der Waals surface area contributed by atoms with Crippen molar-refractivity contribution in [3.63, 3.8) is 0 Å². The minimum Gasteiger partial charge on any atom is -0.478 e. The van der Waals surface area contributed by atoms with Crippen LogP contribution in [0.2, 0.25) is 0 Å². The quantitative estimate of drug-likeness (QED) is 0.898. The largest absolute Gasteiger partial charge is 0.478 e. The van der Waals surface area contributed by atoms with Crippen LogP contribution in [0.1, 0.15) is 24.0 Å². The molecular formula is C21H21NO2. The summed E-state index contributed by atoms with van der Waals surface area (Å²) in [6.07, 6.45) is 4.88. The predicted molar refractivity (Wildman–Crippen MR) is 95.5 cm³/mol. The Bertz CT molecular complexity index is 763. The van der Waals surface area contributed by atoms with Gasteiger partial charge in [-0.05, 0) is 24.5 Å². The third-order valence-corrected chi connectivity index (χ3v) is 4.46. The second-order valence-electron chi connectivity index (χ2n) is 5.96.